The minimum atomic E-state index is 0.225. The van der Waals surface area contributed by atoms with E-state index in [0.29, 0.717) is 13.0 Å². The number of hydrogen-bond acceptors (Lipinski definition) is 3. The molecule has 0 saturated heterocycles. The van der Waals surface area contributed by atoms with Crippen LogP contribution >= 0.6 is 0 Å². The molecule has 0 radical (unpaired) electrons. The van der Waals surface area contributed by atoms with Gasteiger partial charge >= 0.3 is 0 Å². The summed E-state index contributed by atoms with van der Waals surface area (Å²) in [5.74, 6) is 1.06. The van der Waals surface area contributed by atoms with Gasteiger partial charge in [-0.2, -0.15) is 0 Å². The Morgan fingerprint density at radius 2 is 1.52 bits per heavy atom. The summed E-state index contributed by atoms with van der Waals surface area (Å²) in [7, 11) is 0. The SMILES string of the molecule is CC(=O)CCCN(c1ccccc1)c1cccc(OCc2ccccc2)c1. The lowest BCUT2D eigenvalue weighted by Gasteiger charge is -2.25. The van der Waals surface area contributed by atoms with Crippen molar-refractivity contribution < 1.29 is 9.53 Å². The first-order chi connectivity index (χ1) is 13.2. The molecule has 0 heterocycles. The van der Waals surface area contributed by atoms with Crippen LogP contribution in [0.3, 0.4) is 0 Å². The van der Waals surface area contributed by atoms with Gasteiger partial charge in [0.25, 0.3) is 0 Å². The first-order valence-corrected chi connectivity index (χ1v) is 9.31. The third kappa shape index (κ3) is 5.71. The van der Waals surface area contributed by atoms with Crippen molar-refractivity contribution in [3.05, 3.63) is 90.5 Å². The fraction of sp³-hybridized carbons (Fsp3) is 0.208. The summed E-state index contributed by atoms with van der Waals surface area (Å²) in [5.41, 5.74) is 3.32. The molecule has 0 atom stereocenters. The average molecular weight is 359 g/mol. The summed E-state index contributed by atoms with van der Waals surface area (Å²) >= 11 is 0. The Balaban J connectivity index is 1.76. The van der Waals surface area contributed by atoms with Crippen LogP contribution in [-0.2, 0) is 11.4 Å². The zero-order chi connectivity index (χ0) is 18.9. The second kappa shape index (κ2) is 9.58. The zero-order valence-corrected chi connectivity index (χ0v) is 15.7. The van der Waals surface area contributed by atoms with Gasteiger partial charge in [-0.05, 0) is 43.2 Å². The quantitative estimate of drug-likeness (QED) is 0.485. The highest BCUT2D eigenvalue weighted by molar-refractivity contribution is 5.75. The molecule has 0 N–H and O–H groups in total. The lowest BCUT2D eigenvalue weighted by Crippen LogP contribution is -2.19. The Kier molecular flexibility index (Phi) is 6.64. The van der Waals surface area contributed by atoms with Gasteiger partial charge in [0.15, 0.2) is 0 Å². The first kappa shape index (κ1) is 18.7. The number of para-hydroxylation sites is 1. The zero-order valence-electron chi connectivity index (χ0n) is 15.7. The molecular formula is C24H25NO2. The smallest absolute Gasteiger partial charge is 0.129 e. The summed E-state index contributed by atoms with van der Waals surface area (Å²) in [5, 5.41) is 0. The molecule has 3 aromatic rings. The predicted octanol–water partition coefficient (Wildman–Crippen LogP) is 5.77. The molecule has 0 fully saturated rings. The fourth-order valence-corrected chi connectivity index (χ4v) is 2.98. The molecule has 27 heavy (non-hydrogen) atoms. The molecule has 0 bridgehead atoms. The van der Waals surface area contributed by atoms with Gasteiger partial charge in [-0.15, -0.1) is 0 Å². The van der Waals surface area contributed by atoms with Crippen LogP contribution in [-0.4, -0.2) is 12.3 Å². The molecule has 0 aromatic heterocycles. The minimum absolute atomic E-state index is 0.225. The van der Waals surface area contributed by atoms with E-state index in [9.17, 15) is 4.79 Å². The van der Waals surface area contributed by atoms with E-state index in [1.807, 2.05) is 48.5 Å². The van der Waals surface area contributed by atoms with Crippen LogP contribution in [0.15, 0.2) is 84.9 Å². The molecule has 0 aliphatic rings. The van der Waals surface area contributed by atoms with Crippen LogP contribution in [0.1, 0.15) is 25.3 Å². The lowest BCUT2D eigenvalue weighted by atomic mass is 10.2. The maximum atomic E-state index is 11.3. The molecule has 3 rings (SSSR count). The second-order valence-electron chi connectivity index (χ2n) is 6.56. The van der Waals surface area contributed by atoms with Crippen molar-refractivity contribution in [1.29, 1.82) is 0 Å². The second-order valence-corrected chi connectivity index (χ2v) is 6.56. The summed E-state index contributed by atoms with van der Waals surface area (Å²) < 4.78 is 5.98. The highest BCUT2D eigenvalue weighted by Gasteiger charge is 2.10. The molecule has 0 aliphatic heterocycles. The van der Waals surface area contributed by atoms with Crippen LogP contribution in [0.4, 0.5) is 11.4 Å². The third-order valence-electron chi connectivity index (χ3n) is 4.36. The molecule has 3 aromatic carbocycles. The van der Waals surface area contributed by atoms with E-state index in [0.717, 1.165) is 35.7 Å². The monoisotopic (exact) mass is 359 g/mol. The largest absolute Gasteiger partial charge is 0.489 e. The summed E-state index contributed by atoms with van der Waals surface area (Å²) in [6, 6.07) is 28.5. The van der Waals surface area contributed by atoms with E-state index in [1.54, 1.807) is 6.92 Å². The third-order valence-corrected chi connectivity index (χ3v) is 4.36. The Morgan fingerprint density at radius 1 is 0.852 bits per heavy atom. The molecule has 0 amide bonds. The van der Waals surface area contributed by atoms with Crippen molar-refractivity contribution in [2.45, 2.75) is 26.4 Å². The van der Waals surface area contributed by atoms with E-state index in [1.165, 1.54) is 0 Å². The minimum Gasteiger partial charge on any atom is -0.489 e. The van der Waals surface area contributed by atoms with E-state index >= 15 is 0 Å². The molecule has 0 unspecified atom stereocenters. The number of ketones is 1. The van der Waals surface area contributed by atoms with Crippen LogP contribution < -0.4 is 9.64 Å². The van der Waals surface area contributed by atoms with E-state index in [-0.39, 0.29) is 5.78 Å². The normalized spacial score (nSPS) is 10.4. The predicted molar refractivity (Wildman–Crippen MR) is 111 cm³/mol. The lowest BCUT2D eigenvalue weighted by molar-refractivity contribution is -0.117. The van der Waals surface area contributed by atoms with Crippen molar-refractivity contribution in [3.63, 3.8) is 0 Å². The average Bonchev–Trinajstić information content (AvgIpc) is 2.71. The molecule has 0 aliphatic carbocycles. The Bertz CT molecular complexity index is 847. The van der Waals surface area contributed by atoms with Gasteiger partial charge in [0.2, 0.25) is 0 Å². The van der Waals surface area contributed by atoms with E-state index < -0.39 is 0 Å². The van der Waals surface area contributed by atoms with Gasteiger partial charge in [-0.25, -0.2) is 0 Å². The number of benzene rings is 3. The van der Waals surface area contributed by atoms with Gasteiger partial charge in [0.1, 0.15) is 18.1 Å². The molecule has 138 valence electrons. The highest BCUT2D eigenvalue weighted by Crippen LogP contribution is 2.29. The topological polar surface area (TPSA) is 29.5 Å². The maximum absolute atomic E-state index is 11.3. The Hall–Kier alpha value is -3.07. The van der Waals surface area contributed by atoms with Gasteiger partial charge in [0.05, 0.1) is 0 Å². The van der Waals surface area contributed by atoms with E-state index in [2.05, 4.69) is 41.3 Å². The molecule has 0 spiro atoms. The highest BCUT2D eigenvalue weighted by atomic mass is 16.5. The van der Waals surface area contributed by atoms with Gasteiger partial charge < -0.3 is 14.4 Å². The van der Waals surface area contributed by atoms with Crippen LogP contribution in [0.2, 0.25) is 0 Å². The number of anilines is 2. The van der Waals surface area contributed by atoms with Crippen molar-refractivity contribution in [3.8, 4) is 5.75 Å². The molecule has 3 heteroatoms. The number of hydrogen-bond donors (Lipinski definition) is 0. The number of carbonyl (C=O) groups is 1. The van der Waals surface area contributed by atoms with Crippen LogP contribution in [0.25, 0.3) is 0 Å². The number of nitrogens with zero attached hydrogens (tertiary/aromatic N) is 1. The van der Waals surface area contributed by atoms with Gasteiger partial charge in [-0.3, -0.25) is 0 Å². The van der Waals surface area contributed by atoms with Gasteiger partial charge in [-0.1, -0.05) is 54.6 Å². The van der Waals surface area contributed by atoms with Crippen molar-refractivity contribution in [2.75, 3.05) is 11.4 Å². The van der Waals surface area contributed by atoms with E-state index in [4.69, 9.17) is 4.74 Å². The Labute approximate surface area is 161 Å². The standard InChI is InChI=1S/C24H25NO2/c1-20(26)10-9-17-25(22-13-6-3-7-14-22)23-15-8-16-24(18-23)27-19-21-11-4-2-5-12-21/h2-8,11-16,18H,9-10,17,19H2,1H3. The summed E-state index contributed by atoms with van der Waals surface area (Å²) in [6.07, 6.45) is 1.41. The van der Waals surface area contributed by atoms with Crippen LogP contribution in [0.5, 0.6) is 5.75 Å². The Morgan fingerprint density at radius 3 is 2.22 bits per heavy atom. The summed E-state index contributed by atoms with van der Waals surface area (Å²) in [6.45, 7) is 2.97. The number of rotatable bonds is 9. The van der Waals surface area contributed by atoms with Crippen molar-refractivity contribution >= 4 is 17.2 Å². The molecule has 0 saturated carbocycles. The fourth-order valence-electron chi connectivity index (χ4n) is 2.98. The van der Waals surface area contributed by atoms with Crippen molar-refractivity contribution in [1.82, 2.24) is 0 Å². The maximum Gasteiger partial charge on any atom is 0.129 e. The summed E-state index contributed by atoms with van der Waals surface area (Å²) in [4.78, 5) is 13.6. The van der Waals surface area contributed by atoms with Crippen LogP contribution in [0, 0.1) is 0 Å². The molecule has 3 nitrogen and oxygen atoms in total. The van der Waals surface area contributed by atoms with Crippen molar-refractivity contribution in [2.24, 2.45) is 0 Å². The first-order valence-electron chi connectivity index (χ1n) is 9.31. The molecular weight excluding hydrogens is 334 g/mol. The van der Waals surface area contributed by atoms with Gasteiger partial charge in [0, 0.05) is 30.4 Å². The number of Topliss-reactive ketones (excluding diaryl/α,β-unsaturated/α-hetero) is 1. The number of ether oxygens (including phenoxy) is 1. The number of carbonyl (C=O) groups excluding carboxylic acids is 1.